The Morgan fingerprint density at radius 3 is 2.36 bits per heavy atom. The first-order chi connectivity index (χ1) is 9.92. The van der Waals surface area contributed by atoms with E-state index in [9.17, 15) is 4.79 Å². The van der Waals surface area contributed by atoms with Crippen LogP contribution >= 0.6 is 24.0 Å². The highest BCUT2D eigenvalue weighted by molar-refractivity contribution is 6.30. The lowest BCUT2D eigenvalue weighted by molar-refractivity contribution is -0.111. The topological polar surface area (TPSA) is 46.3 Å². The Labute approximate surface area is 144 Å². The Hall–Kier alpha value is -0.610. The van der Waals surface area contributed by atoms with Gasteiger partial charge in [-0.1, -0.05) is 37.6 Å². The Morgan fingerprint density at radius 1 is 1.32 bits per heavy atom. The predicted molar refractivity (Wildman–Crippen MR) is 94.9 cm³/mol. The molecule has 2 N–H and O–H groups in total. The summed E-state index contributed by atoms with van der Waals surface area (Å²) in [6, 6.07) is 7.81. The third kappa shape index (κ3) is 4.95. The highest BCUT2D eigenvalue weighted by Gasteiger charge is 2.30. The second-order valence-corrected chi connectivity index (χ2v) is 7.19. The molecule has 1 atom stereocenters. The highest BCUT2D eigenvalue weighted by Crippen LogP contribution is 2.30. The molecule has 0 spiro atoms. The van der Waals surface area contributed by atoms with Gasteiger partial charge in [0.15, 0.2) is 0 Å². The van der Waals surface area contributed by atoms with Crippen molar-refractivity contribution in [2.45, 2.75) is 38.6 Å². The molecule has 0 amide bonds. The number of likely N-dealkylation sites (tertiary alicyclic amines) is 1. The normalized spacial score (nSPS) is 18.5. The number of rotatable bonds is 5. The third-order valence-corrected chi connectivity index (χ3v) is 4.86. The van der Waals surface area contributed by atoms with E-state index in [1.807, 2.05) is 12.1 Å². The number of aldehydes is 1. The van der Waals surface area contributed by atoms with Gasteiger partial charge >= 0.3 is 0 Å². The molecule has 1 saturated heterocycles. The van der Waals surface area contributed by atoms with E-state index in [0.29, 0.717) is 5.92 Å². The molecule has 5 heteroatoms. The summed E-state index contributed by atoms with van der Waals surface area (Å²) in [5.74, 6) is 0.612. The van der Waals surface area contributed by atoms with Crippen molar-refractivity contribution in [3.05, 3.63) is 34.9 Å². The number of hydrogen-bond acceptors (Lipinski definition) is 3. The van der Waals surface area contributed by atoms with E-state index in [1.165, 1.54) is 5.56 Å². The van der Waals surface area contributed by atoms with Crippen LogP contribution in [-0.4, -0.2) is 36.9 Å². The lowest BCUT2D eigenvalue weighted by atomic mass is 9.83. The average Bonchev–Trinajstić information content (AvgIpc) is 2.47. The van der Waals surface area contributed by atoms with Crippen LogP contribution in [-0.2, 0) is 4.79 Å². The van der Waals surface area contributed by atoms with Crippen molar-refractivity contribution in [2.24, 2.45) is 11.1 Å². The Kier molecular flexibility index (Phi) is 7.33. The fraction of sp³-hybridized carbons (Fsp3) is 0.588. The first-order valence-electron chi connectivity index (χ1n) is 7.61. The zero-order valence-corrected chi connectivity index (χ0v) is 14.9. The van der Waals surface area contributed by atoms with Gasteiger partial charge in [0.05, 0.1) is 6.04 Å². The zero-order chi connectivity index (χ0) is 15.5. The minimum Gasteiger partial charge on any atom is -0.321 e. The molecule has 124 valence electrons. The second kappa shape index (κ2) is 8.30. The molecule has 0 radical (unpaired) electrons. The third-order valence-electron chi connectivity index (χ3n) is 4.61. The SMILES string of the molecule is CC(C)(CN1CCC(c2ccc(Cl)cc2)CC1)C(N)C=O.Cl. The molecule has 0 bridgehead atoms. The monoisotopic (exact) mass is 344 g/mol. The number of carbonyl (C=O) groups excluding carboxylic acids is 1. The molecule has 2 rings (SSSR count). The van der Waals surface area contributed by atoms with Gasteiger partial charge in [-0.25, -0.2) is 0 Å². The fourth-order valence-corrected chi connectivity index (χ4v) is 3.15. The second-order valence-electron chi connectivity index (χ2n) is 6.75. The standard InChI is InChI=1S/C17H25ClN2O.ClH/c1-17(2,16(19)11-21)12-20-9-7-14(8-10-20)13-3-5-15(18)6-4-13;/h3-6,11,14,16H,7-10,12,19H2,1-2H3;1H. The van der Waals surface area contributed by atoms with E-state index in [4.69, 9.17) is 17.3 Å². The number of carbonyl (C=O) groups is 1. The molecule has 1 fully saturated rings. The van der Waals surface area contributed by atoms with Gasteiger partial charge in [0.2, 0.25) is 0 Å². The Balaban J connectivity index is 0.00000242. The summed E-state index contributed by atoms with van der Waals surface area (Å²) in [5.41, 5.74) is 7.10. The molecule has 0 saturated carbocycles. The van der Waals surface area contributed by atoms with Crippen molar-refractivity contribution >= 4 is 30.3 Å². The number of nitrogens with two attached hydrogens (primary N) is 1. The summed E-state index contributed by atoms with van der Waals surface area (Å²) < 4.78 is 0. The molecular formula is C17H26Cl2N2O. The largest absolute Gasteiger partial charge is 0.321 e. The van der Waals surface area contributed by atoms with Crippen LogP contribution in [0.5, 0.6) is 0 Å². The summed E-state index contributed by atoms with van der Waals surface area (Å²) in [4.78, 5) is 13.3. The van der Waals surface area contributed by atoms with Gasteiger partial charge in [0.1, 0.15) is 6.29 Å². The van der Waals surface area contributed by atoms with Gasteiger partial charge in [-0.2, -0.15) is 0 Å². The smallest absolute Gasteiger partial charge is 0.137 e. The van der Waals surface area contributed by atoms with E-state index < -0.39 is 6.04 Å². The summed E-state index contributed by atoms with van der Waals surface area (Å²) in [6.45, 7) is 7.12. The number of piperidine rings is 1. The van der Waals surface area contributed by atoms with Crippen LogP contribution in [0.3, 0.4) is 0 Å². The van der Waals surface area contributed by atoms with Crippen LogP contribution in [0.4, 0.5) is 0 Å². The molecule has 3 nitrogen and oxygen atoms in total. The van der Waals surface area contributed by atoms with Gasteiger partial charge in [0.25, 0.3) is 0 Å². The Bertz CT molecular complexity index is 468. The van der Waals surface area contributed by atoms with Gasteiger partial charge in [-0.15, -0.1) is 12.4 Å². The summed E-state index contributed by atoms with van der Waals surface area (Å²) in [7, 11) is 0. The molecule has 1 unspecified atom stereocenters. The van der Waals surface area contributed by atoms with Gasteiger partial charge in [0, 0.05) is 11.6 Å². The maximum absolute atomic E-state index is 10.9. The minimum absolute atomic E-state index is 0. The summed E-state index contributed by atoms with van der Waals surface area (Å²) in [5, 5.41) is 0.792. The summed E-state index contributed by atoms with van der Waals surface area (Å²) >= 11 is 5.94. The molecule has 0 aliphatic carbocycles. The van der Waals surface area contributed by atoms with E-state index in [0.717, 1.165) is 43.8 Å². The summed E-state index contributed by atoms with van der Waals surface area (Å²) in [6.07, 6.45) is 3.16. The molecule has 1 aliphatic heterocycles. The first kappa shape index (κ1) is 19.4. The van der Waals surface area contributed by atoms with Crippen LogP contribution in [0.2, 0.25) is 5.02 Å². The lowest BCUT2D eigenvalue weighted by Crippen LogP contribution is -2.48. The van der Waals surface area contributed by atoms with Gasteiger partial charge < -0.3 is 15.4 Å². The quantitative estimate of drug-likeness (QED) is 0.831. The highest BCUT2D eigenvalue weighted by atomic mass is 35.5. The lowest BCUT2D eigenvalue weighted by Gasteiger charge is -2.38. The maximum Gasteiger partial charge on any atom is 0.137 e. The van der Waals surface area contributed by atoms with Crippen LogP contribution < -0.4 is 5.73 Å². The molecule has 1 heterocycles. The van der Waals surface area contributed by atoms with Crippen molar-refractivity contribution < 1.29 is 4.79 Å². The van der Waals surface area contributed by atoms with Crippen molar-refractivity contribution in [3.63, 3.8) is 0 Å². The average molecular weight is 345 g/mol. The van der Waals surface area contributed by atoms with E-state index in [1.54, 1.807) is 0 Å². The first-order valence-corrected chi connectivity index (χ1v) is 7.99. The number of nitrogens with zero attached hydrogens (tertiary/aromatic N) is 1. The number of halogens is 2. The van der Waals surface area contributed by atoms with Crippen LogP contribution in [0, 0.1) is 5.41 Å². The molecule has 1 aromatic carbocycles. The number of hydrogen-bond donors (Lipinski definition) is 1. The van der Waals surface area contributed by atoms with Crippen LogP contribution in [0.15, 0.2) is 24.3 Å². The van der Waals surface area contributed by atoms with E-state index in [-0.39, 0.29) is 17.8 Å². The number of benzene rings is 1. The molecule has 0 aromatic heterocycles. The van der Waals surface area contributed by atoms with Crippen molar-refractivity contribution in [2.75, 3.05) is 19.6 Å². The molecule has 1 aliphatic rings. The molecule has 1 aromatic rings. The van der Waals surface area contributed by atoms with Crippen molar-refractivity contribution in [3.8, 4) is 0 Å². The fourth-order valence-electron chi connectivity index (χ4n) is 3.03. The predicted octanol–water partition coefficient (Wildman–Crippen LogP) is 3.49. The zero-order valence-electron chi connectivity index (χ0n) is 13.3. The van der Waals surface area contributed by atoms with E-state index >= 15 is 0 Å². The molecule has 22 heavy (non-hydrogen) atoms. The van der Waals surface area contributed by atoms with E-state index in [2.05, 4.69) is 30.9 Å². The maximum atomic E-state index is 10.9. The van der Waals surface area contributed by atoms with Gasteiger partial charge in [-0.3, -0.25) is 0 Å². The van der Waals surface area contributed by atoms with Crippen molar-refractivity contribution in [1.82, 2.24) is 4.90 Å². The Morgan fingerprint density at radius 2 is 1.86 bits per heavy atom. The molecular weight excluding hydrogens is 319 g/mol. The van der Waals surface area contributed by atoms with Crippen molar-refractivity contribution in [1.29, 1.82) is 0 Å². The minimum atomic E-state index is -0.397. The van der Waals surface area contributed by atoms with Crippen LogP contribution in [0.25, 0.3) is 0 Å². The van der Waals surface area contributed by atoms with Crippen LogP contribution in [0.1, 0.15) is 38.2 Å². The van der Waals surface area contributed by atoms with Gasteiger partial charge in [-0.05, 0) is 55.0 Å².